The fourth-order valence-electron chi connectivity index (χ4n) is 2.57. The fraction of sp³-hybridized carbons (Fsp3) is 0.235. The summed E-state index contributed by atoms with van der Waals surface area (Å²) in [5.41, 5.74) is 4.23. The minimum absolute atomic E-state index is 0.638. The van der Waals surface area contributed by atoms with Crippen LogP contribution in [0.3, 0.4) is 0 Å². The van der Waals surface area contributed by atoms with E-state index in [1.165, 1.54) is 5.56 Å². The van der Waals surface area contributed by atoms with Crippen LogP contribution in [0.2, 0.25) is 5.02 Å². The molecule has 0 spiro atoms. The molecule has 0 aliphatic carbocycles. The molecule has 0 amide bonds. The first kappa shape index (κ1) is 14.4. The molecule has 0 radical (unpaired) electrons. The van der Waals surface area contributed by atoms with Gasteiger partial charge in [0.2, 0.25) is 0 Å². The summed E-state index contributed by atoms with van der Waals surface area (Å²) in [5.74, 6) is 1.66. The topological polar surface area (TPSA) is 17.8 Å². The number of imidazole rings is 1. The van der Waals surface area contributed by atoms with E-state index in [0.29, 0.717) is 5.88 Å². The summed E-state index contributed by atoms with van der Waals surface area (Å²) < 4.78 is 2.14. The summed E-state index contributed by atoms with van der Waals surface area (Å²) >= 11 is 12.2. The van der Waals surface area contributed by atoms with E-state index in [9.17, 15) is 0 Å². The number of benzene rings is 2. The average Bonchev–Trinajstić information content (AvgIpc) is 2.88. The minimum Gasteiger partial charge on any atom is -0.295 e. The highest BCUT2D eigenvalue weighted by atomic mass is 35.5. The van der Waals surface area contributed by atoms with E-state index in [-0.39, 0.29) is 0 Å². The highest BCUT2D eigenvalue weighted by molar-refractivity contribution is 6.35. The zero-order valence-corrected chi connectivity index (χ0v) is 13.3. The van der Waals surface area contributed by atoms with E-state index in [1.807, 2.05) is 18.2 Å². The van der Waals surface area contributed by atoms with Crippen LogP contribution in [0.1, 0.15) is 18.3 Å². The van der Waals surface area contributed by atoms with Crippen molar-refractivity contribution in [2.75, 3.05) is 5.88 Å². The molecule has 0 N–H and O–H groups in total. The van der Waals surface area contributed by atoms with Gasteiger partial charge in [-0.15, -0.1) is 11.6 Å². The van der Waals surface area contributed by atoms with Gasteiger partial charge in [0.1, 0.15) is 5.82 Å². The largest absolute Gasteiger partial charge is 0.295 e. The van der Waals surface area contributed by atoms with Gasteiger partial charge >= 0.3 is 0 Å². The summed E-state index contributed by atoms with van der Waals surface area (Å²) in [7, 11) is 0. The third kappa shape index (κ3) is 2.66. The smallest absolute Gasteiger partial charge is 0.114 e. The number of rotatable bonds is 4. The van der Waals surface area contributed by atoms with Crippen LogP contribution < -0.4 is 0 Å². The van der Waals surface area contributed by atoms with Crippen molar-refractivity contribution in [1.29, 1.82) is 0 Å². The second-order valence-corrected chi connectivity index (χ2v) is 5.72. The predicted octanol–water partition coefficient (Wildman–Crippen LogP) is 5.02. The lowest BCUT2D eigenvalue weighted by Crippen LogP contribution is -2.00. The first-order chi connectivity index (χ1) is 10.2. The molecule has 4 heteroatoms. The van der Waals surface area contributed by atoms with Gasteiger partial charge in [-0.1, -0.05) is 36.7 Å². The summed E-state index contributed by atoms with van der Waals surface area (Å²) in [6.07, 6.45) is 1.74. The Kier molecular flexibility index (Phi) is 4.18. The SMILES string of the molecule is CCc1nc2cccc(Cl)c2n1-c1ccc(CCCl)cc1. The fourth-order valence-corrected chi connectivity index (χ4v) is 3.04. The Morgan fingerprint density at radius 3 is 2.52 bits per heavy atom. The number of halogens is 2. The highest BCUT2D eigenvalue weighted by Gasteiger charge is 2.13. The van der Waals surface area contributed by atoms with Gasteiger partial charge in [0.15, 0.2) is 0 Å². The molecule has 1 heterocycles. The van der Waals surface area contributed by atoms with E-state index in [2.05, 4.69) is 40.7 Å². The number of para-hydroxylation sites is 1. The molecule has 3 rings (SSSR count). The molecule has 2 nitrogen and oxygen atoms in total. The van der Waals surface area contributed by atoms with Crippen molar-refractivity contribution >= 4 is 34.2 Å². The summed E-state index contributed by atoms with van der Waals surface area (Å²) in [6, 6.07) is 14.3. The summed E-state index contributed by atoms with van der Waals surface area (Å²) in [5, 5.41) is 0.726. The van der Waals surface area contributed by atoms with Crippen LogP contribution in [0.4, 0.5) is 0 Å². The Bertz CT molecular complexity index is 760. The van der Waals surface area contributed by atoms with Crippen molar-refractivity contribution in [2.24, 2.45) is 0 Å². The number of fused-ring (bicyclic) bond motifs is 1. The van der Waals surface area contributed by atoms with Crippen molar-refractivity contribution in [3.63, 3.8) is 0 Å². The van der Waals surface area contributed by atoms with E-state index in [1.54, 1.807) is 0 Å². The average molecular weight is 319 g/mol. The molecule has 0 saturated heterocycles. The normalized spacial score (nSPS) is 11.2. The van der Waals surface area contributed by atoms with Crippen LogP contribution in [0.15, 0.2) is 42.5 Å². The molecule has 0 fully saturated rings. The number of aromatic nitrogens is 2. The predicted molar refractivity (Wildman–Crippen MR) is 89.9 cm³/mol. The van der Waals surface area contributed by atoms with Gasteiger partial charge in [-0.2, -0.15) is 0 Å². The third-order valence-corrected chi connectivity index (χ3v) is 4.08. The standard InChI is InChI=1S/C17H16Cl2N2/c1-2-16-20-15-5-3-4-14(19)17(15)21(16)13-8-6-12(7-9-13)10-11-18/h3-9H,2,10-11H2,1H3. The molecule has 21 heavy (non-hydrogen) atoms. The van der Waals surface area contributed by atoms with Crippen LogP contribution >= 0.6 is 23.2 Å². The molecule has 0 unspecified atom stereocenters. The van der Waals surface area contributed by atoms with E-state index in [0.717, 1.165) is 40.4 Å². The zero-order chi connectivity index (χ0) is 14.8. The van der Waals surface area contributed by atoms with Crippen LogP contribution in [0.25, 0.3) is 16.7 Å². The van der Waals surface area contributed by atoms with Crippen LogP contribution in [-0.2, 0) is 12.8 Å². The van der Waals surface area contributed by atoms with E-state index in [4.69, 9.17) is 23.2 Å². The molecule has 3 aromatic rings. The molecular formula is C17H16Cl2N2. The maximum Gasteiger partial charge on any atom is 0.114 e. The number of aryl methyl sites for hydroxylation is 2. The molecule has 108 valence electrons. The number of hydrogen-bond donors (Lipinski definition) is 0. The van der Waals surface area contributed by atoms with E-state index >= 15 is 0 Å². The van der Waals surface area contributed by atoms with Gasteiger partial charge in [-0.25, -0.2) is 4.98 Å². The highest BCUT2D eigenvalue weighted by Crippen LogP contribution is 2.28. The van der Waals surface area contributed by atoms with Crippen LogP contribution in [-0.4, -0.2) is 15.4 Å². The van der Waals surface area contributed by atoms with Gasteiger partial charge in [0.05, 0.1) is 16.1 Å². The minimum atomic E-state index is 0.638. The van der Waals surface area contributed by atoms with Gasteiger partial charge in [-0.3, -0.25) is 4.57 Å². The van der Waals surface area contributed by atoms with Crippen molar-refractivity contribution in [3.05, 3.63) is 58.9 Å². The van der Waals surface area contributed by atoms with Crippen LogP contribution in [0.5, 0.6) is 0 Å². The van der Waals surface area contributed by atoms with Gasteiger partial charge in [0, 0.05) is 18.0 Å². The Morgan fingerprint density at radius 2 is 1.86 bits per heavy atom. The first-order valence-electron chi connectivity index (χ1n) is 7.05. The lowest BCUT2D eigenvalue weighted by molar-refractivity contribution is 0.907. The third-order valence-electron chi connectivity index (χ3n) is 3.59. The van der Waals surface area contributed by atoms with Crippen molar-refractivity contribution < 1.29 is 0 Å². The second kappa shape index (κ2) is 6.08. The van der Waals surface area contributed by atoms with Gasteiger partial charge in [0.25, 0.3) is 0 Å². The molecule has 0 saturated carbocycles. The van der Waals surface area contributed by atoms with Crippen molar-refractivity contribution in [3.8, 4) is 5.69 Å². The Morgan fingerprint density at radius 1 is 1.10 bits per heavy atom. The number of alkyl halides is 1. The molecule has 2 aromatic carbocycles. The molecule has 0 atom stereocenters. The van der Waals surface area contributed by atoms with Crippen molar-refractivity contribution in [2.45, 2.75) is 19.8 Å². The Balaban J connectivity index is 2.18. The number of nitrogens with zero attached hydrogens (tertiary/aromatic N) is 2. The second-order valence-electron chi connectivity index (χ2n) is 4.93. The quantitative estimate of drug-likeness (QED) is 0.617. The Hall–Kier alpha value is -1.51. The maximum absolute atomic E-state index is 6.39. The number of hydrogen-bond acceptors (Lipinski definition) is 1. The molecule has 1 aromatic heterocycles. The summed E-state index contributed by atoms with van der Waals surface area (Å²) in [6.45, 7) is 2.10. The first-order valence-corrected chi connectivity index (χ1v) is 7.97. The maximum atomic E-state index is 6.39. The zero-order valence-electron chi connectivity index (χ0n) is 11.8. The molecule has 0 bridgehead atoms. The monoisotopic (exact) mass is 318 g/mol. The van der Waals surface area contributed by atoms with Gasteiger partial charge < -0.3 is 0 Å². The molecule has 0 aliphatic rings. The molecular weight excluding hydrogens is 303 g/mol. The van der Waals surface area contributed by atoms with E-state index < -0.39 is 0 Å². The Labute approximate surface area is 134 Å². The summed E-state index contributed by atoms with van der Waals surface area (Å²) in [4.78, 5) is 4.68. The van der Waals surface area contributed by atoms with Gasteiger partial charge in [-0.05, 0) is 36.2 Å². The lowest BCUT2D eigenvalue weighted by atomic mass is 10.1. The lowest BCUT2D eigenvalue weighted by Gasteiger charge is -2.10. The van der Waals surface area contributed by atoms with Crippen molar-refractivity contribution in [1.82, 2.24) is 9.55 Å². The van der Waals surface area contributed by atoms with Crippen LogP contribution in [0, 0.1) is 0 Å². The molecule has 0 aliphatic heterocycles.